The summed E-state index contributed by atoms with van der Waals surface area (Å²) in [4.78, 5) is 10.4. The molecule has 0 aliphatic carbocycles. The standard InChI is InChI=1S/C9H18O2/c1-5-7(2)9(3,4)6-8(10)11/h7H,5-6H2,1-4H3,(H,10,11)/t7-/m1/s1. The van der Waals surface area contributed by atoms with Crippen LogP contribution in [-0.4, -0.2) is 11.1 Å². The molecule has 0 bridgehead atoms. The van der Waals surface area contributed by atoms with Gasteiger partial charge in [0.25, 0.3) is 0 Å². The maximum absolute atomic E-state index is 10.4. The lowest BCUT2D eigenvalue weighted by molar-refractivity contribution is -0.140. The SMILES string of the molecule is CC[C@@H](C)C(C)(C)CC(=O)O. The highest BCUT2D eigenvalue weighted by molar-refractivity contribution is 5.67. The van der Waals surface area contributed by atoms with Gasteiger partial charge in [-0.15, -0.1) is 0 Å². The first-order valence-electron chi connectivity index (χ1n) is 4.12. The van der Waals surface area contributed by atoms with Gasteiger partial charge in [-0.1, -0.05) is 34.1 Å². The highest BCUT2D eigenvalue weighted by Gasteiger charge is 2.26. The molecular formula is C9H18O2. The number of carbonyl (C=O) groups is 1. The first-order valence-corrected chi connectivity index (χ1v) is 4.12. The number of carboxylic acids is 1. The average molecular weight is 158 g/mol. The Morgan fingerprint density at radius 2 is 2.00 bits per heavy atom. The van der Waals surface area contributed by atoms with Gasteiger partial charge in [-0.25, -0.2) is 0 Å². The summed E-state index contributed by atoms with van der Waals surface area (Å²) in [5.74, 6) is -0.228. The van der Waals surface area contributed by atoms with E-state index >= 15 is 0 Å². The zero-order valence-electron chi connectivity index (χ0n) is 7.85. The molecule has 0 aromatic carbocycles. The molecule has 0 unspecified atom stereocenters. The molecule has 0 saturated heterocycles. The molecule has 0 spiro atoms. The van der Waals surface area contributed by atoms with E-state index < -0.39 is 5.97 Å². The molecule has 0 radical (unpaired) electrons. The molecule has 0 aliphatic rings. The summed E-state index contributed by atoms with van der Waals surface area (Å²) in [7, 11) is 0. The van der Waals surface area contributed by atoms with Crippen molar-refractivity contribution in [2.45, 2.75) is 40.5 Å². The summed E-state index contributed by atoms with van der Waals surface area (Å²) in [5.41, 5.74) is -0.0689. The van der Waals surface area contributed by atoms with Gasteiger partial charge in [0, 0.05) is 0 Å². The monoisotopic (exact) mass is 158 g/mol. The Labute approximate surface area is 68.6 Å². The maximum atomic E-state index is 10.4. The van der Waals surface area contributed by atoms with Gasteiger partial charge < -0.3 is 5.11 Å². The third-order valence-corrected chi connectivity index (χ3v) is 2.55. The average Bonchev–Trinajstić information content (AvgIpc) is 1.83. The van der Waals surface area contributed by atoms with E-state index in [-0.39, 0.29) is 11.8 Å². The number of carboxylic acid groups (broad SMARTS) is 1. The van der Waals surface area contributed by atoms with Crippen LogP contribution in [-0.2, 0) is 4.79 Å². The third kappa shape index (κ3) is 3.40. The Hall–Kier alpha value is -0.530. The normalized spacial score (nSPS) is 14.5. The lowest BCUT2D eigenvalue weighted by atomic mass is 9.76. The summed E-state index contributed by atoms with van der Waals surface area (Å²) < 4.78 is 0. The minimum Gasteiger partial charge on any atom is -0.481 e. The van der Waals surface area contributed by atoms with Crippen molar-refractivity contribution < 1.29 is 9.90 Å². The zero-order chi connectivity index (χ0) is 9.07. The molecule has 0 rings (SSSR count). The van der Waals surface area contributed by atoms with E-state index in [2.05, 4.69) is 13.8 Å². The Morgan fingerprint density at radius 1 is 1.55 bits per heavy atom. The third-order valence-electron chi connectivity index (χ3n) is 2.55. The fourth-order valence-electron chi connectivity index (χ4n) is 1.12. The van der Waals surface area contributed by atoms with Crippen LogP contribution in [0.4, 0.5) is 0 Å². The van der Waals surface area contributed by atoms with Gasteiger partial charge in [-0.3, -0.25) is 4.79 Å². The molecule has 0 heterocycles. The Kier molecular flexibility index (Phi) is 3.56. The smallest absolute Gasteiger partial charge is 0.303 e. The molecule has 0 aliphatic heterocycles. The summed E-state index contributed by atoms with van der Waals surface area (Å²) in [6.07, 6.45) is 1.31. The van der Waals surface area contributed by atoms with E-state index in [4.69, 9.17) is 5.11 Å². The fourth-order valence-corrected chi connectivity index (χ4v) is 1.12. The van der Waals surface area contributed by atoms with Crippen LogP contribution >= 0.6 is 0 Å². The van der Waals surface area contributed by atoms with Crippen molar-refractivity contribution >= 4 is 5.97 Å². The van der Waals surface area contributed by atoms with Crippen LogP contribution in [0.3, 0.4) is 0 Å². The van der Waals surface area contributed by atoms with Gasteiger partial charge in [0.2, 0.25) is 0 Å². The predicted molar refractivity (Wildman–Crippen MR) is 45.5 cm³/mol. The molecule has 11 heavy (non-hydrogen) atoms. The topological polar surface area (TPSA) is 37.3 Å². The number of rotatable bonds is 4. The summed E-state index contributed by atoms with van der Waals surface area (Å²) in [6.45, 7) is 8.21. The van der Waals surface area contributed by atoms with E-state index in [1.54, 1.807) is 0 Å². The molecular weight excluding hydrogens is 140 g/mol. The summed E-state index contributed by atoms with van der Waals surface area (Å²) in [6, 6.07) is 0. The van der Waals surface area contributed by atoms with E-state index in [0.29, 0.717) is 5.92 Å². The van der Waals surface area contributed by atoms with Crippen molar-refractivity contribution in [1.82, 2.24) is 0 Å². The van der Waals surface area contributed by atoms with Crippen molar-refractivity contribution in [3.63, 3.8) is 0 Å². The molecule has 66 valence electrons. The lowest BCUT2D eigenvalue weighted by Crippen LogP contribution is -2.24. The van der Waals surface area contributed by atoms with Crippen LogP contribution < -0.4 is 0 Å². The van der Waals surface area contributed by atoms with Crippen LogP contribution in [0.15, 0.2) is 0 Å². The van der Waals surface area contributed by atoms with E-state index in [1.807, 2.05) is 13.8 Å². The zero-order valence-corrected chi connectivity index (χ0v) is 7.85. The second-order valence-corrected chi connectivity index (χ2v) is 3.87. The summed E-state index contributed by atoms with van der Waals surface area (Å²) in [5, 5.41) is 8.59. The minimum atomic E-state index is -0.699. The predicted octanol–water partition coefficient (Wildman–Crippen LogP) is 2.53. The van der Waals surface area contributed by atoms with Gasteiger partial charge in [0.1, 0.15) is 0 Å². The molecule has 0 fully saturated rings. The van der Waals surface area contributed by atoms with Gasteiger partial charge in [0.15, 0.2) is 0 Å². The molecule has 2 nitrogen and oxygen atoms in total. The quantitative estimate of drug-likeness (QED) is 0.682. The second-order valence-electron chi connectivity index (χ2n) is 3.87. The number of hydrogen-bond donors (Lipinski definition) is 1. The fraction of sp³-hybridized carbons (Fsp3) is 0.889. The minimum absolute atomic E-state index is 0.0689. The lowest BCUT2D eigenvalue weighted by Gasteiger charge is -2.29. The summed E-state index contributed by atoms with van der Waals surface area (Å²) >= 11 is 0. The van der Waals surface area contributed by atoms with E-state index in [0.717, 1.165) is 6.42 Å². The number of aliphatic carboxylic acids is 1. The van der Waals surface area contributed by atoms with Crippen LogP contribution in [0, 0.1) is 11.3 Å². The van der Waals surface area contributed by atoms with Crippen molar-refractivity contribution in [3.8, 4) is 0 Å². The first-order chi connectivity index (χ1) is 4.90. The van der Waals surface area contributed by atoms with Crippen molar-refractivity contribution in [2.24, 2.45) is 11.3 Å². The molecule has 0 saturated carbocycles. The van der Waals surface area contributed by atoms with Crippen LogP contribution in [0.1, 0.15) is 40.5 Å². The maximum Gasteiger partial charge on any atom is 0.303 e. The van der Waals surface area contributed by atoms with Gasteiger partial charge in [0.05, 0.1) is 6.42 Å². The van der Waals surface area contributed by atoms with E-state index in [1.165, 1.54) is 0 Å². The van der Waals surface area contributed by atoms with Crippen molar-refractivity contribution in [2.75, 3.05) is 0 Å². The molecule has 2 heteroatoms. The molecule has 0 amide bonds. The largest absolute Gasteiger partial charge is 0.481 e. The van der Waals surface area contributed by atoms with Gasteiger partial charge in [-0.2, -0.15) is 0 Å². The highest BCUT2D eigenvalue weighted by atomic mass is 16.4. The van der Waals surface area contributed by atoms with Gasteiger partial charge in [-0.05, 0) is 11.3 Å². The Morgan fingerprint density at radius 3 is 2.27 bits per heavy atom. The van der Waals surface area contributed by atoms with Gasteiger partial charge >= 0.3 is 5.97 Å². The first kappa shape index (κ1) is 10.5. The molecule has 1 atom stereocenters. The highest BCUT2D eigenvalue weighted by Crippen LogP contribution is 2.32. The molecule has 0 aromatic heterocycles. The molecule has 1 N–H and O–H groups in total. The van der Waals surface area contributed by atoms with Crippen LogP contribution in [0.5, 0.6) is 0 Å². The van der Waals surface area contributed by atoms with Crippen molar-refractivity contribution in [3.05, 3.63) is 0 Å². The van der Waals surface area contributed by atoms with Crippen LogP contribution in [0.2, 0.25) is 0 Å². The Balaban J connectivity index is 4.08. The van der Waals surface area contributed by atoms with Crippen molar-refractivity contribution in [1.29, 1.82) is 0 Å². The van der Waals surface area contributed by atoms with E-state index in [9.17, 15) is 4.79 Å². The Bertz CT molecular complexity index is 138. The second kappa shape index (κ2) is 3.74. The molecule has 0 aromatic rings. The number of hydrogen-bond acceptors (Lipinski definition) is 1. The van der Waals surface area contributed by atoms with Crippen LogP contribution in [0.25, 0.3) is 0 Å².